The second kappa shape index (κ2) is 5.95. The monoisotopic (exact) mass is 287 g/mol. The van der Waals surface area contributed by atoms with E-state index in [-0.39, 0.29) is 17.4 Å². The van der Waals surface area contributed by atoms with Crippen molar-refractivity contribution in [3.05, 3.63) is 64.5 Å². The predicted octanol–water partition coefficient (Wildman–Crippen LogP) is 4.31. The van der Waals surface area contributed by atoms with E-state index in [0.29, 0.717) is 11.3 Å². The van der Waals surface area contributed by atoms with E-state index in [1.807, 2.05) is 26.0 Å². The Hall–Kier alpha value is -2.36. The van der Waals surface area contributed by atoms with Gasteiger partial charge in [-0.05, 0) is 49.6 Å². The van der Waals surface area contributed by atoms with Crippen molar-refractivity contribution in [1.29, 1.82) is 0 Å². The molecule has 0 spiro atoms. The third-order valence-corrected chi connectivity index (χ3v) is 3.56. The van der Waals surface area contributed by atoms with Crippen LogP contribution in [0.1, 0.15) is 40.0 Å². The average Bonchev–Trinajstić information content (AvgIpc) is 2.43. The molecule has 2 aromatic carbocycles. The minimum absolute atomic E-state index is 0.195. The Morgan fingerprint density at radius 1 is 1.19 bits per heavy atom. The van der Waals surface area contributed by atoms with Crippen molar-refractivity contribution < 1.29 is 14.3 Å². The first-order valence-electron chi connectivity index (χ1n) is 6.75. The molecule has 1 atom stereocenters. The Morgan fingerprint density at radius 3 is 2.52 bits per heavy atom. The molecule has 0 radical (unpaired) electrons. The van der Waals surface area contributed by atoms with Gasteiger partial charge in [-0.1, -0.05) is 24.3 Å². The summed E-state index contributed by atoms with van der Waals surface area (Å²) < 4.78 is 13.6. The van der Waals surface area contributed by atoms with Gasteiger partial charge in [-0.2, -0.15) is 0 Å². The van der Waals surface area contributed by atoms with E-state index in [2.05, 4.69) is 5.32 Å². The smallest absolute Gasteiger partial charge is 0.337 e. The Kier molecular flexibility index (Phi) is 4.26. The molecule has 2 rings (SSSR count). The molecule has 0 amide bonds. The van der Waals surface area contributed by atoms with E-state index in [4.69, 9.17) is 0 Å². The zero-order valence-electron chi connectivity index (χ0n) is 12.3. The molecule has 2 aromatic rings. The van der Waals surface area contributed by atoms with E-state index in [1.165, 1.54) is 6.07 Å². The molecule has 0 saturated heterocycles. The minimum Gasteiger partial charge on any atom is -0.478 e. The molecule has 4 heteroatoms. The van der Waals surface area contributed by atoms with Crippen LogP contribution in [-0.2, 0) is 0 Å². The summed E-state index contributed by atoms with van der Waals surface area (Å²) in [4.78, 5) is 11.3. The second-order valence-electron chi connectivity index (χ2n) is 5.18. The summed E-state index contributed by atoms with van der Waals surface area (Å²) >= 11 is 0. The zero-order valence-corrected chi connectivity index (χ0v) is 12.3. The van der Waals surface area contributed by atoms with Crippen molar-refractivity contribution in [3.8, 4) is 0 Å². The molecule has 0 saturated carbocycles. The Labute approximate surface area is 123 Å². The number of para-hydroxylation sites is 1. The van der Waals surface area contributed by atoms with Crippen LogP contribution in [0.3, 0.4) is 0 Å². The van der Waals surface area contributed by atoms with E-state index in [1.54, 1.807) is 25.1 Å². The third kappa shape index (κ3) is 3.21. The van der Waals surface area contributed by atoms with Crippen LogP contribution in [-0.4, -0.2) is 11.1 Å². The molecule has 0 bridgehead atoms. The molecule has 0 fully saturated rings. The quantitative estimate of drug-likeness (QED) is 0.880. The lowest BCUT2D eigenvalue weighted by Crippen LogP contribution is -2.12. The fourth-order valence-corrected chi connectivity index (χ4v) is 2.22. The fraction of sp³-hybridized carbons (Fsp3) is 0.235. The fourth-order valence-electron chi connectivity index (χ4n) is 2.22. The number of anilines is 1. The van der Waals surface area contributed by atoms with Gasteiger partial charge in [0.05, 0.1) is 11.3 Å². The molecule has 21 heavy (non-hydrogen) atoms. The SMILES string of the molecule is Cc1ccc(C(C)Nc2c(C)cccc2C(=O)O)cc1F. The number of carboxylic acids is 1. The molecule has 0 aromatic heterocycles. The molecule has 0 aliphatic heterocycles. The van der Waals surface area contributed by atoms with Crippen molar-refractivity contribution in [3.63, 3.8) is 0 Å². The van der Waals surface area contributed by atoms with Crippen molar-refractivity contribution in [2.75, 3.05) is 5.32 Å². The number of carboxylic acid groups (broad SMARTS) is 1. The van der Waals surface area contributed by atoms with Gasteiger partial charge in [-0.3, -0.25) is 0 Å². The highest BCUT2D eigenvalue weighted by molar-refractivity contribution is 5.95. The molecule has 0 aliphatic carbocycles. The number of benzene rings is 2. The first kappa shape index (κ1) is 15.0. The van der Waals surface area contributed by atoms with E-state index < -0.39 is 5.97 Å². The van der Waals surface area contributed by atoms with Crippen molar-refractivity contribution in [1.82, 2.24) is 0 Å². The second-order valence-corrected chi connectivity index (χ2v) is 5.18. The van der Waals surface area contributed by atoms with Crippen molar-refractivity contribution in [2.24, 2.45) is 0 Å². The maximum absolute atomic E-state index is 13.6. The van der Waals surface area contributed by atoms with Crippen LogP contribution in [0.5, 0.6) is 0 Å². The van der Waals surface area contributed by atoms with Crippen LogP contribution in [0, 0.1) is 19.7 Å². The van der Waals surface area contributed by atoms with Gasteiger partial charge in [0.1, 0.15) is 5.82 Å². The van der Waals surface area contributed by atoms with Gasteiger partial charge in [-0.25, -0.2) is 9.18 Å². The van der Waals surface area contributed by atoms with Crippen LogP contribution >= 0.6 is 0 Å². The highest BCUT2D eigenvalue weighted by Crippen LogP contribution is 2.26. The number of halogens is 1. The lowest BCUT2D eigenvalue weighted by atomic mass is 10.0. The summed E-state index contributed by atoms with van der Waals surface area (Å²) in [5, 5.41) is 12.4. The minimum atomic E-state index is -0.983. The molecular formula is C17H18FNO2. The van der Waals surface area contributed by atoms with Crippen LogP contribution in [0.25, 0.3) is 0 Å². The normalized spacial score (nSPS) is 12.0. The predicted molar refractivity (Wildman–Crippen MR) is 81.3 cm³/mol. The largest absolute Gasteiger partial charge is 0.478 e. The summed E-state index contributed by atoms with van der Waals surface area (Å²) in [7, 11) is 0. The highest BCUT2D eigenvalue weighted by atomic mass is 19.1. The first-order chi connectivity index (χ1) is 9.90. The molecular weight excluding hydrogens is 269 g/mol. The standard InChI is InChI=1S/C17H18FNO2/c1-10-7-8-13(9-15(10)18)12(3)19-16-11(2)5-4-6-14(16)17(20)21/h4-9,12,19H,1-3H3,(H,20,21). The van der Waals surface area contributed by atoms with E-state index >= 15 is 0 Å². The number of carbonyl (C=O) groups is 1. The van der Waals surface area contributed by atoms with Crippen LogP contribution < -0.4 is 5.32 Å². The Balaban J connectivity index is 2.33. The lowest BCUT2D eigenvalue weighted by molar-refractivity contribution is 0.0698. The van der Waals surface area contributed by atoms with Gasteiger partial charge in [-0.15, -0.1) is 0 Å². The zero-order chi connectivity index (χ0) is 15.6. The van der Waals surface area contributed by atoms with Gasteiger partial charge in [0.25, 0.3) is 0 Å². The van der Waals surface area contributed by atoms with Crippen LogP contribution in [0.15, 0.2) is 36.4 Å². The maximum Gasteiger partial charge on any atom is 0.337 e. The summed E-state index contributed by atoms with van der Waals surface area (Å²) in [6, 6.07) is 9.95. The van der Waals surface area contributed by atoms with Crippen LogP contribution in [0.2, 0.25) is 0 Å². The van der Waals surface area contributed by atoms with Crippen molar-refractivity contribution in [2.45, 2.75) is 26.8 Å². The van der Waals surface area contributed by atoms with E-state index in [0.717, 1.165) is 11.1 Å². The topological polar surface area (TPSA) is 49.3 Å². The summed E-state index contributed by atoms with van der Waals surface area (Å²) in [5.41, 5.74) is 2.99. The lowest BCUT2D eigenvalue weighted by Gasteiger charge is -2.19. The summed E-state index contributed by atoms with van der Waals surface area (Å²) in [6.45, 7) is 5.43. The average molecular weight is 287 g/mol. The van der Waals surface area contributed by atoms with Crippen molar-refractivity contribution >= 4 is 11.7 Å². The highest BCUT2D eigenvalue weighted by Gasteiger charge is 2.15. The number of rotatable bonds is 4. The molecule has 110 valence electrons. The van der Waals surface area contributed by atoms with Gasteiger partial charge in [0, 0.05) is 6.04 Å². The number of hydrogen-bond acceptors (Lipinski definition) is 2. The van der Waals surface area contributed by atoms with Gasteiger partial charge in [0.15, 0.2) is 0 Å². The number of aryl methyl sites for hydroxylation is 2. The summed E-state index contributed by atoms with van der Waals surface area (Å²) in [5.74, 6) is -1.24. The number of aromatic carboxylic acids is 1. The van der Waals surface area contributed by atoms with Gasteiger partial charge >= 0.3 is 5.97 Å². The third-order valence-electron chi connectivity index (χ3n) is 3.56. The maximum atomic E-state index is 13.6. The molecule has 1 unspecified atom stereocenters. The molecule has 2 N–H and O–H groups in total. The first-order valence-corrected chi connectivity index (χ1v) is 6.75. The molecule has 0 heterocycles. The van der Waals surface area contributed by atoms with Gasteiger partial charge < -0.3 is 10.4 Å². The summed E-state index contributed by atoms with van der Waals surface area (Å²) in [6.07, 6.45) is 0. The molecule has 3 nitrogen and oxygen atoms in total. The van der Waals surface area contributed by atoms with E-state index in [9.17, 15) is 14.3 Å². The number of hydrogen-bond donors (Lipinski definition) is 2. The Morgan fingerprint density at radius 2 is 1.90 bits per heavy atom. The Bertz CT molecular complexity index is 682. The van der Waals surface area contributed by atoms with Gasteiger partial charge in [0.2, 0.25) is 0 Å². The van der Waals surface area contributed by atoms with Crippen LogP contribution in [0.4, 0.5) is 10.1 Å². The molecule has 0 aliphatic rings. The number of nitrogens with one attached hydrogen (secondary N) is 1.